The summed E-state index contributed by atoms with van der Waals surface area (Å²) in [6, 6.07) is 33.7. The number of benzene rings is 5. The van der Waals surface area contributed by atoms with Crippen LogP contribution < -0.4 is 4.74 Å². The zero-order valence-corrected chi connectivity index (χ0v) is 37.7. The molecule has 0 saturated heterocycles. The summed E-state index contributed by atoms with van der Waals surface area (Å²) in [6.07, 6.45) is 8.09. The highest BCUT2D eigenvalue weighted by Crippen LogP contribution is 2.51. The van der Waals surface area contributed by atoms with Gasteiger partial charge in [0, 0.05) is 34.0 Å². The van der Waals surface area contributed by atoms with Crippen molar-refractivity contribution in [2.45, 2.75) is 124 Å². The summed E-state index contributed by atoms with van der Waals surface area (Å²) in [5, 5.41) is 2.45. The van der Waals surface area contributed by atoms with Crippen LogP contribution in [0.15, 0.2) is 102 Å². The number of ether oxygens (including phenoxy) is 2. The van der Waals surface area contributed by atoms with Crippen LogP contribution in [0.2, 0.25) is 0 Å². The van der Waals surface area contributed by atoms with Gasteiger partial charge >= 0.3 is 0 Å². The van der Waals surface area contributed by atoms with E-state index in [1.807, 2.05) is 6.20 Å². The molecule has 5 nitrogen and oxygen atoms in total. The average molecular weight is 806 g/mol. The van der Waals surface area contributed by atoms with Gasteiger partial charge in [-0.1, -0.05) is 108 Å². The standard InChI is InChI=1S/C56H59N3O2/c1-32-21-35(4)49(36(5)22-32)39-25-40(54-58-50(37-17-13-11-14-18-37)52(61-54)38-19-15-12-16-20-38)27-42(26-39)60-48-30-47-45(24-34(48)3)56(9,10)46-29-41(55(6,7)8)28-43-44-23-33(2)31-57-53(44)59(47)51(43)46/h12,15-16,19-31,37,50,52H,11,13-14,17-18H2,1-10H3/t50-,52-/m1/s1. The van der Waals surface area contributed by atoms with Crippen molar-refractivity contribution in [1.29, 1.82) is 0 Å². The lowest BCUT2D eigenvalue weighted by Gasteiger charge is -2.36. The second kappa shape index (κ2) is 14.5. The maximum absolute atomic E-state index is 7.17. The first-order chi connectivity index (χ1) is 29.2. The molecular weight excluding hydrogens is 747 g/mol. The van der Waals surface area contributed by atoms with Crippen LogP contribution in [0.1, 0.15) is 128 Å². The summed E-state index contributed by atoms with van der Waals surface area (Å²) in [4.78, 5) is 10.6. The van der Waals surface area contributed by atoms with Gasteiger partial charge in [-0.2, -0.15) is 0 Å². The topological polar surface area (TPSA) is 48.6 Å². The average Bonchev–Trinajstić information content (AvgIpc) is 3.81. The molecule has 2 aromatic heterocycles. The van der Waals surface area contributed by atoms with E-state index in [1.165, 1.54) is 92.9 Å². The summed E-state index contributed by atoms with van der Waals surface area (Å²) in [5.41, 5.74) is 17.5. The number of rotatable bonds is 6. The smallest absolute Gasteiger partial charge is 0.217 e. The van der Waals surface area contributed by atoms with Crippen molar-refractivity contribution in [2.75, 3.05) is 0 Å². The van der Waals surface area contributed by atoms with E-state index in [0.717, 1.165) is 45.1 Å². The summed E-state index contributed by atoms with van der Waals surface area (Å²) in [5.74, 6) is 2.79. The molecule has 5 aromatic carbocycles. The van der Waals surface area contributed by atoms with Crippen molar-refractivity contribution >= 4 is 27.8 Å². The number of fused-ring (bicyclic) bond motifs is 5. The van der Waals surface area contributed by atoms with Crippen LogP contribution in [-0.4, -0.2) is 21.5 Å². The Kier molecular flexibility index (Phi) is 9.36. The highest BCUT2D eigenvalue weighted by molar-refractivity contribution is 6.11. The molecule has 0 bridgehead atoms. The number of hydrogen-bond acceptors (Lipinski definition) is 4. The lowest BCUT2D eigenvalue weighted by Crippen LogP contribution is -2.27. The summed E-state index contributed by atoms with van der Waals surface area (Å²) < 4.78 is 16.6. The number of aromatic nitrogens is 2. The highest BCUT2D eigenvalue weighted by atomic mass is 16.5. The van der Waals surface area contributed by atoms with Gasteiger partial charge in [0.1, 0.15) is 23.3 Å². The first-order valence-electron chi connectivity index (χ1n) is 22.5. The van der Waals surface area contributed by atoms with E-state index in [-0.39, 0.29) is 23.0 Å². The van der Waals surface area contributed by atoms with Crippen molar-refractivity contribution in [3.8, 4) is 28.3 Å². The van der Waals surface area contributed by atoms with Crippen LogP contribution in [0.5, 0.6) is 11.5 Å². The Bertz CT molecular complexity index is 2900. The number of hydrogen-bond donors (Lipinski definition) is 0. The van der Waals surface area contributed by atoms with Crippen LogP contribution in [0.3, 0.4) is 0 Å². The molecule has 1 fully saturated rings. The van der Waals surface area contributed by atoms with Crippen LogP contribution in [0.25, 0.3) is 38.8 Å². The van der Waals surface area contributed by atoms with Gasteiger partial charge in [0.25, 0.3) is 0 Å². The number of nitrogens with zero attached hydrogens (tertiary/aromatic N) is 3. The van der Waals surface area contributed by atoms with Crippen LogP contribution >= 0.6 is 0 Å². The van der Waals surface area contributed by atoms with Crippen molar-refractivity contribution in [1.82, 2.24) is 9.55 Å². The Morgan fingerprint density at radius 3 is 2.16 bits per heavy atom. The maximum Gasteiger partial charge on any atom is 0.217 e. The monoisotopic (exact) mass is 805 g/mol. The quantitative estimate of drug-likeness (QED) is 0.168. The predicted molar refractivity (Wildman–Crippen MR) is 252 cm³/mol. The predicted octanol–water partition coefficient (Wildman–Crippen LogP) is 14.6. The first-order valence-corrected chi connectivity index (χ1v) is 22.5. The SMILES string of the molecule is Cc1cc(C)c(-c2cc(Oc3cc4c(cc3C)C(C)(C)c3cc(C(C)(C)C)cc5c6cc(C)cnc6n-4c35)cc(C3=N[C@H](C4CCCCC4)[C@@H](c4ccccc4)O3)c2)c(C)c1. The molecule has 0 amide bonds. The van der Waals surface area contributed by atoms with Crippen LogP contribution in [0.4, 0.5) is 0 Å². The minimum atomic E-state index is -0.257. The third-order valence-corrected chi connectivity index (χ3v) is 14.0. The zero-order chi connectivity index (χ0) is 42.5. The largest absolute Gasteiger partial charge is 0.467 e. The van der Waals surface area contributed by atoms with Gasteiger partial charge in [0.2, 0.25) is 5.90 Å². The fraction of sp³-hybridized carbons (Fsp3) is 0.357. The molecule has 5 heteroatoms. The molecule has 0 N–H and O–H groups in total. The summed E-state index contributed by atoms with van der Waals surface area (Å²) >= 11 is 0. The Labute approximate surface area is 361 Å². The Morgan fingerprint density at radius 2 is 1.44 bits per heavy atom. The van der Waals surface area contributed by atoms with E-state index >= 15 is 0 Å². The normalized spacial score (nSPS) is 18.6. The van der Waals surface area contributed by atoms with Gasteiger partial charge in [0.05, 0.1) is 17.2 Å². The Hall–Kier alpha value is -5.68. The molecule has 10 rings (SSSR count). The Balaban J connectivity index is 1.13. The molecule has 310 valence electrons. The first kappa shape index (κ1) is 39.5. The fourth-order valence-electron chi connectivity index (χ4n) is 10.9. The van der Waals surface area contributed by atoms with Gasteiger partial charge in [-0.15, -0.1) is 0 Å². The van der Waals surface area contributed by atoms with E-state index in [0.29, 0.717) is 11.8 Å². The van der Waals surface area contributed by atoms with E-state index in [1.54, 1.807) is 0 Å². The molecule has 0 spiro atoms. The van der Waals surface area contributed by atoms with E-state index < -0.39 is 0 Å². The molecule has 0 unspecified atom stereocenters. The Morgan fingerprint density at radius 1 is 0.721 bits per heavy atom. The summed E-state index contributed by atoms with van der Waals surface area (Å²) in [6.45, 7) is 22.6. The van der Waals surface area contributed by atoms with Crippen molar-refractivity contribution in [2.24, 2.45) is 10.9 Å². The molecule has 1 aliphatic carbocycles. The van der Waals surface area contributed by atoms with Gasteiger partial charge in [0.15, 0.2) is 0 Å². The second-order valence-corrected chi connectivity index (χ2v) is 20.0. The summed E-state index contributed by atoms with van der Waals surface area (Å²) in [7, 11) is 0. The molecule has 1 saturated carbocycles. The van der Waals surface area contributed by atoms with E-state index in [4.69, 9.17) is 19.5 Å². The third kappa shape index (κ3) is 6.67. The molecule has 7 aromatic rings. The minimum absolute atomic E-state index is 0.00225. The lowest BCUT2D eigenvalue weighted by molar-refractivity contribution is 0.150. The minimum Gasteiger partial charge on any atom is -0.467 e. The van der Waals surface area contributed by atoms with Gasteiger partial charge in [-0.3, -0.25) is 4.57 Å². The molecule has 4 heterocycles. The van der Waals surface area contributed by atoms with E-state index in [9.17, 15) is 0 Å². The van der Waals surface area contributed by atoms with Crippen molar-refractivity contribution < 1.29 is 9.47 Å². The second-order valence-electron chi connectivity index (χ2n) is 20.0. The molecular formula is C56H59N3O2. The molecule has 2 aliphatic heterocycles. The molecule has 61 heavy (non-hydrogen) atoms. The third-order valence-electron chi connectivity index (χ3n) is 14.0. The van der Waals surface area contributed by atoms with Crippen molar-refractivity contribution in [3.63, 3.8) is 0 Å². The van der Waals surface area contributed by atoms with Gasteiger partial charge in [-0.05, 0) is 151 Å². The lowest BCUT2D eigenvalue weighted by atomic mass is 9.72. The number of aliphatic imine (C=N–C) groups is 1. The zero-order valence-electron chi connectivity index (χ0n) is 37.7. The maximum atomic E-state index is 7.17. The molecule has 0 radical (unpaired) electrons. The number of pyridine rings is 1. The van der Waals surface area contributed by atoms with Crippen LogP contribution in [0, 0.1) is 40.5 Å². The highest BCUT2D eigenvalue weighted by Gasteiger charge is 2.40. The van der Waals surface area contributed by atoms with Gasteiger partial charge in [-0.25, -0.2) is 9.98 Å². The van der Waals surface area contributed by atoms with Gasteiger partial charge < -0.3 is 9.47 Å². The number of aryl methyl sites for hydroxylation is 5. The van der Waals surface area contributed by atoms with Crippen molar-refractivity contribution in [3.05, 3.63) is 153 Å². The van der Waals surface area contributed by atoms with Crippen LogP contribution in [-0.2, 0) is 15.6 Å². The molecule has 3 aliphatic rings. The fourth-order valence-corrected chi connectivity index (χ4v) is 10.9. The van der Waals surface area contributed by atoms with E-state index in [2.05, 4.69) is 165 Å². The molecule has 2 atom stereocenters.